The fraction of sp³-hybridized carbons (Fsp3) is 0.667. The van der Waals surface area contributed by atoms with E-state index in [1.165, 1.54) is 5.56 Å². The van der Waals surface area contributed by atoms with Crippen molar-refractivity contribution in [3.05, 3.63) is 23.9 Å². The summed E-state index contributed by atoms with van der Waals surface area (Å²) < 4.78 is 5.67. The number of nitrogens with one attached hydrogen (secondary N) is 1. The molecule has 0 bridgehead atoms. The SMILES string of the molecule is CCCNC(C)c1ccnc(OCCC(C)C)c1. The van der Waals surface area contributed by atoms with Crippen LogP contribution in [0.3, 0.4) is 0 Å². The van der Waals surface area contributed by atoms with Gasteiger partial charge in [-0.2, -0.15) is 0 Å². The minimum absolute atomic E-state index is 0.348. The van der Waals surface area contributed by atoms with Crippen molar-refractivity contribution in [1.82, 2.24) is 10.3 Å². The van der Waals surface area contributed by atoms with E-state index in [1.807, 2.05) is 18.3 Å². The fourth-order valence-electron chi connectivity index (χ4n) is 1.65. The summed E-state index contributed by atoms with van der Waals surface area (Å²) in [5.41, 5.74) is 1.23. The summed E-state index contributed by atoms with van der Waals surface area (Å²) in [6, 6.07) is 4.43. The van der Waals surface area contributed by atoms with E-state index >= 15 is 0 Å². The molecule has 0 saturated heterocycles. The Hall–Kier alpha value is -1.09. The predicted octanol–water partition coefficient (Wildman–Crippen LogP) is 3.57. The molecule has 0 radical (unpaired) electrons. The monoisotopic (exact) mass is 250 g/mol. The molecule has 1 atom stereocenters. The average Bonchev–Trinajstić information content (AvgIpc) is 2.36. The first-order valence-electron chi connectivity index (χ1n) is 6.95. The van der Waals surface area contributed by atoms with E-state index in [1.54, 1.807) is 0 Å². The Morgan fingerprint density at radius 3 is 2.78 bits per heavy atom. The topological polar surface area (TPSA) is 34.2 Å². The van der Waals surface area contributed by atoms with Gasteiger partial charge in [0.05, 0.1) is 6.61 Å². The van der Waals surface area contributed by atoms with Gasteiger partial charge in [-0.15, -0.1) is 0 Å². The summed E-state index contributed by atoms with van der Waals surface area (Å²) in [5.74, 6) is 1.40. The van der Waals surface area contributed by atoms with Crippen LogP contribution in [0.4, 0.5) is 0 Å². The molecule has 18 heavy (non-hydrogen) atoms. The molecule has 1 unspecified atom stereocenters. The fourth-order valence-corrected chi connectivity index (χ4v) is 1.65. The maximum atomic E-state index is 5.67. The van der Waals surface area contributed by atoms with Gasteiger partial charge in [-0.25, -0.2) is 4.98 Å². The van der Waals surface area contributed by atoms with E-state index in [-0.39, 0.29) is 0 Å². The molecule has 1 aromatic rings. The predicted molar refractivity (Wildman–Crippen MR) is 75.9 cm³/mol. The zero-order valence-electron chi connectivity index (χ0n) is 12.1. The van der Waals surface area contributed by atoms with Crippen molar-refractivity contribution in [2.45, 2.75) is 46.6 Å². The standard InChI is InChI=1S/C15H26N2O/c1-5-8-16-13(4)14-6-9-17-15(11-14)18-10-7-12(2)3/h6,9,11-13,16H,5,7-8,10H2,1-4H3. The lowest BCUT2D eigenvalue weighted by atomic mass is 10.1. The van der Waals surface area contributed by atoms with Crippen LogP contribution in [0, 0.1) is 5.92 Å². The number of pyridine rings is 1. The van der Waals surface area contributed by atoms with Gasteiger partial charge in [0.1, 0.15) is 0 Å². The van der Waals surface area contributed by atoms with Crippen LogP contribution in [0.5, 0.6) is 5.88 Å². The van der Waals surface area contributed by atoms with Crippen LogP contribution < -0.4 is 10.1 Å². The molecule has 0 fully saturated rings. The zero-order chi connectivity index (χ0) is 13.4. The maximum absolute atomic E-state index is 5.67. The lowest BCUT2D eigenvalue weighted by Crippen LogP contribution is -2.19. The molecule has 0 saturated carbocycles. The summed E-state index contributed by atoms with van der Waals surface area (Å²) in [6.07, 6.45) is 4.03. The quantitative estimate of drug-likeness (QED) is 0.766. The summed E-state index contributed by atoms with van der Waals surface area (Å²) in [6.45, 7) is 10.5. The van der Waals surface area contributed by atoms with E-state index in [0.29, 0.717) is 12.0 Å². The van der Waals surface area contributed by atoms with Gasteiger partial charge in [0.15, 0.2) is 0 Å². The first-order valence-corrected chi connectivity index (χ1v) is 6.95. The maximum Gasteiger partial charge on any atom is 0.213 e. The molecule has 0 spiro atoms. The highest BCUT2D eigenvalue weighted by Crippen LogP contribution is 2.17. The van der Waals surface area contributed by atoms with Gasteiger partial charge in [-0.05, 0) is 43.9 Å². The first kappa shape index (κ1) is 15.0. The van der Waals surface area contributed by atoms with E-state index in [4.69, 9.17) is 4.74 Å². The molecule has 1 aromatic heterocycles. The van der Waals surface area contributed by atoms with Gasteiger partial charge in [0, 0.05) is 18.3 Å². The third-order valence-corrected chi connectivity index (χ3v) is 2.90. The van der Waals surface area contributed by atoms with Crippen LogP contribution in [-0.2, 0) is 0 Å². The number of ether oxygens (including phenoxy) is 1. The largest absolute Gasteiger partial charge is 0.478 e. The van der Waals surface area contributed by atoms with Gasteiger partial charge in [-0.3, -0.25) is 0 Å². The van der Waals surface area contributed by atoms with Gasteiger partial charge in [0.25, 0.3) is 0 Å². The van der Waals surface area contributed by atoms with Gasteiger partial charge in [-0.1, -0.05) is 20.8 Å². The highest BCUT2D eigenvalue weighted by molar-refractivity contribution is 5.23. The first-order chi connectivity index (χ1) is 8.63. The molecular formula is C15H26N2O. The van der Waals surface area contributed by atoms with Crippen LogP contribution in [0.25, 0.3) is 0 Å². The lowest BCUT2D eigenvalue weighted by molar-refractivity contribution is 0.279. The molecule has 0 aromatic carbocycles. The van der Waals surface area contributed by atoms with E-state index < -0.39 is 0 Å². The normalized spacial score (nSPS) is 12.7. The number of hydrogen-bond donors (Lipinski definition) is 1. The van der Waals surface area contributed by atoms with Crippen molar-refractivity contribution in [2.24, 2.45) is 5.92 Å². The van der Waals surface area contributed by atoms with Crippen LogP contribution in [0.1, 0.15) is 52.1 Å². The number of hydrogen-bond acceptors (Lipinski definition) is 3. The van der Waals surface area contributed by atoms with Crippen LogP contribution >= 0.6 is 0 Å². The second-order valence-corrected chi connectivity index (χ2v) is 5.13. The third kappa shape index (κ3) is 5.50. The minimum Gasteiger partial charge on any atom is -0.478 e. The summed E-state index contributed by atoms with van der Waals surface area (Å²) >= 11 is 0. The van der Waals surface area contributed by atoms with Crippen LogP contribution in [-0.4, -0.2) is 18.1 Å². The number of rotatable bonds is 8. The Balaban J connectivity index is 2.50. The molecule has 1 N–H and O–H groups in total. The van der Waals surface area contributed by atoms with Crippen molar-refractivity contribution in [1.29, 1.82) is 0 Å². The molecule has 0 aliphatic rings. The Labute approximate surface area is 111 Å². The van der Waals surface area contributed by atoms with Crippen LogP contribution in [0.2, 0.25) is 0 Å². The van der Waals surface area contributed by atoms with Crippen molar-refractivity contribution in [3.63, 3.8) is 0 Å². The van der Waals surface area contributed by atoms with Crippen LogP contribution in [0.15, 0.2) is 18.3 Å². The molecule has 0 aliphatic heterocycles. The number of nitrogens with zero attached hydrogens (tertiary/aromatic N) is 1. The van der Waals surface area contributed by atoms with E-state index in [9.17, 15) is 0 Å². The minimum atomic E-state index is 0.348. The van der Waals surface area contributed by atoms with Crippen molar-refractivity contribution in [3.8, 4) is 5.88 Å². The van der Waals surface area contributed by atoms with Gasteiger partial charge in [0.2, 0.25) is 5.88 Å². The van der Waals surface area contributed by atoms with E-state index in [0.717, 1.165) is 31.9 Å². The zero-order valence-corrected chi connectivity index (χ0v) is 12.1. The second kappa shape index (κ2) is 8.09. The molecule has 0 amide bonds. The number of aromatic nitrogens is 1. The molecular weight excluding hydrogens is 224 g/mol. The third-order valence-electron chi connectivity index (χ3n) is 2.90. The summed E-state index contributed by atoms with van der Waals surface area (Å²) in [7, 11) is 0. The Morgan fingerprint density at radius 2 is 2.11 bits per heavy atom. The summed E-state index contributed by atoms with van der Waals surface area (Å²) in [4.78, 5) is 4.25. The molecule has 0 aliphatic carbocycles. The Bertz CT molecular complexity index is 339. The molecule has 1 rings (SSSR count). The second-order valence-electron chi connectivity index (χ2n) is 5.13. The van der Waals surface area contributed by atoms with Gasteiger partial charge < -0.3 is 10.1 Å². The van der Waals surface area contributed by atoms with Crippen molar-refractivity contribution in [2.75, 3.05) is 13.2 Å². The highest BCUT2D eigenvalue weighted by atomic mass is 16.5. The summed E-state index contributed by atoms with van der Waals surface area (Å²) in [5, 5.41) is 3.47. The van der Waals surface area contributed by atoms with Gasteiger partial charge >= 0.3 is 0 Å². The van der Waals surface area contributed by atoms with Crippen molar-refractivity contribution >= 4 is 0 Å². The highest BCUT2D eigenvalue weighted by Gasteiger charge is 2.06. The average molecular weight is 250 g/mol. The Morgan fingerprint density at radius 1 is 1.33 bits per heavy atom. The van der Waals surface area contributed by atoms with Crippen molar-refractivity contribution < 1.29 is 4.74 Å². The van der Waals surface area contributed by atoms with E-state index in [2.05, 4.69) is 38.0 Å². The smallest absolute Gasteiger partial charge is 0.213 e. The Kier molecular flexibility index (Phi) is 6.73. The molecule has 102 valence electrons. The molecule has 3 heteroatoms. The molecule has 3 nitrogen and oxygen atoms in total. The lowest BCUT2D eigenvalue weighted by Gasteiger charge is -2.14. The molecule has 1 heterocycles.